The summed E-state index contributed by atoms with van der Waals surface area (Å²) in [5.74, 6) is 8.22. The van der Waals surface area contributed by atoms with Crippen molar-refractivity contribution in [2.45, 2.75) is 84.8 Å². The quantitative estimate of drug-likeness (QED) is 0.535. The maximum Gasteiger partial charge on any atom is 0.125 e. The molecule has 4 rings (SSSR count). The Morgan fingerprint density at radius 2 is 1.38 bits per heavy atom. The van der Waals surface area contributed by atoms with Crippen LogP contribution in [0.4, 0.5) is 0 Å². The van der Waals surface area contributed by atoms with Gasteiger partial charge < -0.3 is 0 Å². The van der Waals surface area contributed by atoms with Crippen molar-refractivity contribution in [1.29, 1.82) is 0 Å². The summed E-state index contributed by atoms with van der Waals surface area (Å²) in [6, 6.07) is 0. The molecule has 2 saturated heterocycles. The lowest BCUT2D eigenvalue weighted by Crippen LogP contribution is -2.38. The second kappa shape index (κ2) is 6.67. The van der Waals surface area contributed by atoms with E-state index in [9.17, 15) is 0 Å². The van der Waals surface area contributed by atoms with Crippen LogP contribution < -0.4 is 0 Å². The van der Waals surface area contributed by atoms with Gasteiger partial charge in [0.25, 0.3) is 0 Å². The van der Waals surface area contributed by atoms with Crippen molar-refractivity contribution in [1.82, 2.24) is 0 Å². The molecular formula is C20H37B. The summed E-state index contributed by atoms with van der Waals surface area (Å²) in [5, 5.41) is 0. The molecule has 0 nitrogen and oxygen atoms in total. The van der Waals surface area contributed by atoms with Crippen LogP contribution >= 0.6 is 0 Å². The highest BCUT2D eigenvalue weighted by Crippen LogP contribution is 2.51. The van der Waals surface area contributed by atoms with Crippen LogP contribution in [0.1, 0.15) is 72.6 Å². The fourth-order valence-electron chi connectivity index (χ4n) is 6.28. The third kappa shape index (κ3) is 3.70. The van der Waals surface area contributed by atoms with Crippen LogP contribution in [-0.4, -0.2) is 7.28 Å². The van der Waals surface area contributed by atoms with E-state index in [0.29, 0.717) is 0 Å². The summed E-state index contributed by atoms with van der Waals surface area (Å²) >= 11 is 0. The van der Waals surface area contributed by atoms with Crippen molar-refractivity contribution in [3.63, 3.8) is 0 Å². The summed E-state index contributed by atoms with van der Waals surface area (Å²) < 4.78 is 0. The van der Waals surface area contributed by atoms with E-state index in [4.69, 9.17) is 0 Å². The third-order valence-electron chi connectivity index (χ3n) is 7.47. The molecule has 2 bridgehead atoms. The summed E-state index contributed by atoms with van der Waals surface area (Å²) in [5.41, 5.74) is 0. The highest BCUT2D eigenvalue weighted by molar-refractivity contribution is 6.38. The van der Waals surface area contributed by atoms with Gasteiger partial charge in [-0.05, 0) is 73.5 Å². The molecule has 0 aromatic heterocycles. The van der Waals surface area contributed by atoms with Gasteiger partial charge in [0.15, 0.2) is 0 Å². The van der Waals surface area contributed by atoms with Crippen LogP contribution in [0.25, 0.3) is 0 Å². The second-order valence-electron chi connectivity index (χ2n) is 9.58. The molecule has 0 aromatic carbocycles. The Balaban J connectivity index is 1.79. The first kappa shape index (κ1) is 15.9. The average molecular weight is 288 g/mol. The minimum atomic E-state index is 0.976. The molecule has 4 fully saturated rings. The molecule has 2 aliphatic carbocycles. The van der Waals surface area contributed by atoms with Crippen LogP contribution in [-0.2, 0) is 0 Å². The van der Waals surface area contributed by atoms with Crippen molar-refractivity contribution in [3.05, 3.63) is 0 Å². The van der Waals surface area contributed by atoms with Crippen molar-refractivity contribution < 1.29 is 0 Å². The number of hydrogen-bond donors (Lipinski definition) is 0. The Morgan fingerprint density at radius 3 is 2.10 bits per heavy atom. The normalized spacial score (nSPS) is 51.6. The predicted octanol–water partition coefficient (Wildman–Crippen LogP) is 5.79. The van der Waals surface area contributed by atoms with E-state index >= 15 is 0 Å². The first-order valence-corrected chi connectivity index (χ1v) is 10.0. The standard InChI is InChI=1S/C20H37B/c1-13-5-6-16(4)19-11-14(2)8-17(7-13)12-21-20(19)18-9-15(3)10-18/h13-21H,5-12H2,1-4H3. The fraction of sp³-hybridized carbons (Fsp3) is 1.00. The Morgan fingerprint density at radius 1 is 0.714 bits per heavy atom. The number of rotatable bonds is 1. The van der Waals surface area contributed by atoms with E-state index in [2.05, 4.69) is 27.7 Å². The van der Waals surface area contributed by atoms with Crippen LogP contribution in [0.5, 0.6) is 0 Å². The molecule has 2 aliphatic heterocycles. The molecule has 1 heteroatoms. The van der Waals surface area contributed by atoms with Crippen LogP contribution in [0.3, 0.4) is 0 Å². The van der Waals surface area contributed by atoms with E-state index in [1.54, 1.807) is 32.9 Å². The Bertz CT molecular complexity index is 331. The highest BCUT2D eigenvalue weighted by atomic mass is 14.4. The molecule has 6 unspecified atom stereocenters. The lowest BCUT2D eigenvalue weighted by Gasteiger charge is -2.47. The lowest BCUT2D eigenvalue weighted by molar-refractivity contribution is 0.118. The fourth-order valence-corrected chi connectivity index (χ4v) is 6.28. The van der Waals surface area contributed by atoms with E-state index in [-0.39, 0.29) is 0 Å². The second-order valence-corrected chi connectivity index (χ2v) is 9.58. The zero-order valence-electron chi connectivity index (χ0n) is 15.0. The van der Waals surface area contributed by atoms with Crippen LogP contribution in [0, 0.1) is 41.4 Å². The van der Waals surface area contributed by atoms with Gasteiger partial charge in [-0.1, -0.05) is 52.7 Å². The number of hydrogen-bond acceptors (Lipinski definition) is 0. The zero-order chi connectivity index (χ0) is 15.0. The SMILES string of the molecule is CC1CCC(C)C2CC(C)CC(CBC2C2CC(C)C2)C1. The molecule has 4 aliphatic rings. The van der Waals surface area contributed by atoms with E-state index in [0.717, 1.165) is 47.2 Å². The Kier molecular flexibility index (Phi) is 5.06. The van der Waals surface area contributed by atoms with Gasteiger partial charge in [-0.3, -0.25) is 0 Å². The van der Waals surface area contributed by atoms with Crippen molar-refractivity contribution in [3.8, 4) is 0 Å². The highest BCUT2D eigenvalue weighted by Gasteiger charge is 2.41. The molecule has 2 heterocycles. The van der Waals surface area contributed by atoms with E-state index in [1.165, 1.54) is 25.7 Å². The minimum Gasteiger partial charge on any atom is -0.0743 e. The van der Waals surface area contributed by atoms with Gasteiger partial charge >= 0.3 is 0 Å². The van der Waals surface area contributed by atoms with Crippen molar-refractivity contribution >= 4 is 7.28 Å². The van der Waals surface area contributed by atoms with Gasteiger partial charge in [-0.2, -0.15) is 0 Å². The smallest absolute Gasteiger partial charge is 0.0743 e. The summed E-state index contributed by atoms with van der Waals surface area (Å²) in [6.45, 7) is 10.1. The molecule has 6 atom stereocenters. The maximum atomic E-state index is 2.60. The molecule has 0 N–H and O–H groups in total. The molecule has 0 amide bonds. The molecule has 21 heavy (non-hydrogen) atoms. The Labute approximate surface area is 134 Å². The summed E-state index contributed by atoms with van der Waals surface area (Å²) in [4.78, 5) is 0. The van der Waals surface area contributed by atoms with Crippen LogP contribution in [0.2, 0.25) is 12.1 Å². The van der Waals surface area contributed by atoms with Gasteiger partial charge in [0.2, 0.25) is 0 Å². The maximum absolute atomic E-state index is 2.60. The van der Waals surface area contributed by atoms with Gasteiger partial charge in [-0.25, -0.2) is 0 Å². The van der Waals surface area contributed by atoms with Gasteiger partial charge in [-0.15, -0.1) is 0 Å². The number of fused-ring (bicyclic) bond motifs is 8. The largest absolute Gasteiger partial charge is 0.125 e. The third-order valence-corrected chi connectivity index (χ3v) is 7.47. The van der Waals surface area contributed by atoms with Crippen molar-refractivity contribution in [2.24, 2.45) is 41.4 Å². The summed E-state index contributed by atoms with van der Waals surface area (Å²) in [7, 11) is 1.57. The topological polar surface area (TPSA) is 0 Å². The lowest BCUT2D eigenvalue weighted by atomic mass is 9.42. The van der Waals surface area contributed by atoms with Crippen molar-refractivity contribution in [2.75, 3.05) is 0 Å². The van der Waals surface area contributed by atoms with Gasteiger partial charge in [0, 0.05) is 0 Å². The Hall–Kier alpha value is 0.0649. The van der Waals surface area contributed by atoms with Crippen LogP contribution in [0.15, 0.2) is 0 Å². The molecule has 0 radical (unpaired) electrons. The molecule has 2 saturated carbocycles. The zero-order valence-corrected chi connectivity index (χ0v) is 15.0. The average Bonchev–Trinajstić information content (AvgIpc) is 2.38. The van der Waals surface area contributed by atoms with E-state index < -0.39 is 0 Å². The molecular weight excluding hydrogens is 251 g/mol. The monoisotopic (exact) mass is 288 g/mol. The first-order chi connectivity index (χ1) is 10.0. The van der Waals surface area contributed by atoms with Gasteiger partial charge in [0.1, 0.15) is 7.28 Å². The van der Waals surface area contributed by atoms with Gasteiger partial charge in [0.05, 0.1) is 0 Å². The molecule has 120 valence electrons. The first-order valence-electron chi connectivity index (χ1n) is 10.0. The summed E-state index contributed by atoms with van der Waals surface area (Å²) in [6.07, 6.45) is 12.2. The van der Waals surface area contributed by atoms with E-state index in [1.807, 2.05) is 0 Å². The minimum absolute atomic E-state index is 0.976. The molecule has 0 spiro atoms. The predicted molar refractivity (Wildman–Crippen MR) is 95.2 cm³/mol. The molecule has 0 aromatic rings.